The number of amides is 1. The number of aromatic nitrogens is 1. The summed E-state index contributed by atoms with van der Waals surface area (Å²) in [7, 11) is 2.08. The molecule has 0 radical (unpaired) electrons. The smallest absolute Gasteiger partial charge is 0.257 e. The zero-order valence-corrected chi connectivity index (χ0v) is 16.6. The summed E-state index contributed by atoms with van der Waals surface area (Å²) >= 11 is 0. The van der Waals surface area contributed by atoms with Crippen molar-refractivity contribution in [2.45, 2.75) is 20.5 Å². The van der Waals surface area contributed by atoms with Crippen LogP contribution in [0.4, 0.5) is 0 Å². The van der Waals surface area contributed by atoms with Crippen LogP contribution in [0.15, 0.2) is 40.9 Å². The minimum absolute atomic E-state index is 0.0209. The second kappa shape index (κ2) is 7.64. The van der Waals surface area contributed by atoms with Gasteiger partial charge < -0.3 is 19.1 Å². The highest BCUT2D eigenvalue weighted by Crippen LogP contribution is 2.29. The molecule has 146 valence electrons. The van der Waals surface area contributed by atoms with Gasteiger partial charge in [0.05, 0.1) is 16.8 Å². The lowest BCUT2D eigenvalue weighted by Crippen LogP contribution is -2.47. The highest BCUT2D eigenvalue weighted by Gasteiger charge is 2.24. The predicted octanol–water partition coefficient (Wildman–Crippen LogP) is 3.41. The van der Waals surface area contributed by atoms with E-state index in [2.05, 4.69) is 17.1 Å². The molecule has 0 spiro atoms. The van der Waals surface area contributed by atoms with Crippen molar-refractivity contribution >= 4 is 16.7 Å². The topological polar surface area (TPSA) is 58.8 Å². The number of hydrogen-bond donors (Lipinski definition) is 0. The van der Waals surface area contributed by atoms with E-state index < -0.39 is 0 Å². The van der Waals surface area contributed by atoms with Crippen LogP contribution in [0.2, 0.25) is 0 Å². The predicted molar refractivity (Wildman–Crippen MR) is 108 cm³/mol. The van der Waals surface area contributed by atoms with Gasteiger partial charge in [-0.2, -0.15) is 0 Å². The Hall–Kier alpha value is -2.86. The second-order valence-electron chi connectivity index (χ2n) is 7.38. The van der Waals surface area contributed by atoms with E-state index in [1.165, 1.54) is 0 Å². The molecule has 1 saturated heterocycles. The van der Waals surface area contributed by atoms with Crippen molar-refractivity contribution in [3.63, 3.8) is 0 Å². The molecule has 3 aromatic rings. The van der Waals surface area contributed by atoms with Crippen molar-refractivity contribution < 1.29 is 14.1 Å². The van der Waals surface area contributed by atoms with Gasteiger partial charge in [-0.25, -0.2) is 0 Å². The third-order valence-corrected chi connectivity index (χ3v) is 5.42. The van der Waals surface area contributed by atoms with E-state index in [4.69, 9.17) is 9.26 Å². The molecule has 0 N–H and O–H groups in total. The number of piperazine rings is 1. The van der Waals surface area contributed by atoms with Crippen molar-refractivity contribution in [3.8, 4) is 5.75 Å². The molecule has 28 heavy (non-hydrogen) atoms. The molecule has 6 heteroatoms. The van der Waals surface area contributed by atoms with Gasteiger partial charge in [-0.05, 0) is 43.8 Å². The molecule has 1 fully saturated rings. The van der Waals surface area contributed by atoms with Crippen LogP contribution in [0.1, 0.15) is 27.4 Å². The molecule has 0 atom stereocenters. The Morgan fingerprint density at radius 1 is 1.11 bits per heavy atom. The highest BCUT2D eigenvalue weighted by molar-refractivity contribution is 6.01. The number of nitrogens with zero attached hydrogens (tertiary/aromatic N) is 3. The van der Waals surface area contributed by atoms with Crippen molar-refractivity contribution in [1.82, 2.24) is 15.0 Å². The summed E-state index contributed by atoms with van der Waals surface area (Å²) < 4.78 is 11.4. The molecule has 0 aliphatic carbocycles. The minimum atomic E-state index is 0.0209. The number of benzene rings is 2. The minimum Gasteiger partial charge on any atom is -0.488 e. The largest absolute Gasteiger partial charge is 0.488 e. The molecule has 1 aliphatic rings. The van der Waals surface area contributed by atoms with Gasteiger partial charge in [-0.15, -0.1) is 0 Å². The van der Waals surface area contributed by atoms with Gasteiger partial charge in [0, 0.05) is 26.2 Å². The molecule has 0 unspecified atom stereocenters. The zero-order valence-electron chi connectivity index (χ0n) is 16.6. The molecule has 0 saturated carbocycles. The maximum atomic E-state index is 13.3. The Morgan fingerprint density at radius 2 is 1.79 bits per heavy atom. The van der Waals surface area contributed by atoms with Crippen LogP contribution < -0.4 is 4.74 Å². The lowest BCUT2D eigenvalue weighted by molar-refractivity contribution is 0.0659. The Balaban J connectivity index is 1.67. The molecule has 2 heterocycles. The lowest BCUT2D eigenvalue weighted by atomic mass is 10.0. The van der Waals surface area contributed by atoms with E-state index in [0.717, 1.165) is 54.0 Å². The van der Waals surface area contributed by atoms with Crippen LogP contribution >= 0.6 is 0 Å². The van der Waals surface area contributed by atoms with Crippen LogP contribution in [-0.2, 0) is 6.61 Å². The average molecular weight is 379 g/mol. The molecule has 6 nitrogen and oxygen atoms in total. The van der Waals surface area contributed by atoms with E-state index in [1.54, 1.807) is 0 Å². The molecule has 4 rings (SSSR count). The molecule has 2 aromatic carbocycles. The summed E-state index contributed by atoms with van der Waals surface area (Å²) in [5, 5.41) is 6.06. The number of likely N-dealkylation sites (N-methyl/N-ethyl adjacent to an activating group) is 1. The summed E-state index contributed by atoms with van der Waals surface area (Å²) in [4.78, 5) is 17.4. The third-order valence-electron chi connectivity index (χ3n) is 5.42. The van der Waals surface area contributed by atoms with Gasteiger partial charge in [0.2, 0.25) is 0 Å². The monoisotopic (exact) mass is 379 g/mol. The molecule has 0 bridgehead atoms. The van der Waals surface area contributed by atoms with Crippen LogP contribution in [0, 0.1) is 13.8 Å². The molecule has 1 aliphatic heterocycles. The molecule has 1 amide bonds. The standard InChI is InChI=1S/C22H25N3O3/c1-15-20(16(2)28-23-15)14-27-21-13-18-7-5-4-6-17(18)12-19(21)22(26)25-10-8-24(3)9-11-25/h4-7,12-13H,8-11,14H2,1-3H3. The Kier molecular flexibility index (Phi) is 5.05. The van der Waals surface area contributed by atoms with E-state index >= 15 is 0 Å². The number of fused-ring (bicyclic) bond motifs is 1. The quantitative estimate of drug-likeness (QED) is 0.695. The number of aryl methyl sites for hydroxylation is 2. The van der Waals surface area contributed by atoms with Crippen LogP contribution in [0.3, 0.4) is 0 Å². The summed E-state index contributed by atoms with van der Waals surface area (Å²) in [6.45, 7) is 7.31. The van der Waals surface area contributed by atoms with Crippen molar-refractivity contribution in [2.24, 2.45) is 0 Å². The van der Waals surface area contributed by atoms with Crippen LogP contribution in [0.5, 0.6) is 5.75 Å². The fourth-order valence-corrected chi connectivity index (χ4v) is 3.54. The summed E-state index contributed by atoms with van der Waals surface area (Å²) in [6, 6.07) is 11.9. The van der Waals surface area contributed by atoms with Gasteiger partial charge >= 0.3 is 0 Å². The van der Waals surface area contributed by atoms with Crippen LogP contribution in [-0.4, -0.2) is 54.1 Å². The molecular weight excluding hydrogens is 354 g/mol. The van der Waals surface area contributed by atoms with Crippen molar-refractivity contribution in [3.05, 3.63) is 59.0 Å². The second-order valence-corrected chi connectivity index (χ2v) is 7.38. The molecular formula is C22H25N3O3. The van der Waals surface area contributed by atoms with Gasteiger partial charge in [0.1, 0.15) is 18.1 Å². The third kappa shape index (κ3) is 3.60. The zero-order chi connectivity index (χ0) is 19.7. The van der Waals surface area contributed by atoms with E-state index in [-0.39, 0.29) is 5.91 Å². The fraction of sp³-hybridized carbons (Fsp3) is 0.364. The number of carbonyl (C=O) groups excluding carboxylic acids is 1. The Labute approximate surface area is 164 Å². The first-order valence-electron chi connectivity index (χ1n) is 9.58. The first kappa shape index (κ1) is 18.5. The summed E-state index contributed by atoms with van der Waals surface area (Å²) in [6.07, 6.45) is 0. The van der Waals surface area contributed by atoms with E-state index in [0.29, 0.717) is 17.9 Å². The van der Waals surface area contributed by atoms with Crippen LogP contribution in [0.25, 0.3) is 10.8 Å². The van der Waals surface area contributed by atoms with E-state index in [1.807, 2.05) is 55.1 Å². The maximum absolute atomic E-state index is 13.3. The highest BCUT2D eigenvalue weighted by atomic mass is 16.5. The Bertz CT molecular complexity index is 984. The fourth-order valence-electron chi connectivity index (χ4n) is 3.54. The van der Waals surface area contributed by atoms with Gasteiger partial charge in [0.15, 0.2) is 0 Å². The van der Waals surface area contributed by atoms with Gasteiger partial charge in [-0.1, -0.05) is 29.4 Å². The van der Waals surface area contributed by atoms with Gasteiger partial charge in [0.25, 0.3) is 5.91 Å². The lowest BCUT2D eigenvalue weighted by Gasteiger charge is -2.32. The first-order chi connectivity index (χ1) is 13.5. The maximum Gasteiger partial charge on any atom is 0.257 e. The normalized spacial score (nSPS) is 15.2. The first-order valence-corrected chi connectivity index (χ1v) is 9.58. The molecule has 1 aromatic heterocycles. The number of ether oxygens (including phenoxy) is 1. The summed E-state index contributed by atoms with van der Waals surface area (Å²) in [5.74, 6) is 1.36. The SMILES string of the molecule is Cc1noc(C)c1COc1cc2ccccc2cc1C(=O)N1CCN(C)CC1. The summed E-state index contributed by atoms with van der Waals surface area (Å²) in [5.41, 5.74) is 2.34. The number of carbonyl (C=O) groups is 1. The van der Waals surface area contributed by atoms with Crippen molar-refractivity contribution in [2.75, 3.05) is 33.2 Å². The number of rotatable bonds is 4. The van der Waals surface area contributed by atoms with Crippen molar-refractivity contribution in [1.29, 1.82) is 0 Å². The Morgan fingerprint density at radius 3 is 2.43 bits per heavy atom. The van der Waals surface area contributed by atoms with E-state index in [9.17, 15) is 4.79 Å². The number of hydrogen-bond acceptors (Lipinski definition) is 5. The average Bonchev–Trinajstić information content (AvgIpc) is 3.03. The van der Waals surface area contributed by atoms with Gasteiger partial charge in [-0.3, -0.25) is 4.79 Å².